The molecule has 0 spiro atoms. The summed E-state index contributed by atoms with van der Waals surface area (Å²) in [6, 6.07) is 0. The zero-order valence-electron chi connectivity index (χ0n) is 11.1. The molecule has 4 unspecified atom stereocenters. The minimum Gasteiger partial charge on any atom is -0.459 e. The number of hydrogen-bond donors (Lipinski definition) is 0. The summed E-state index contributed by atoms with van der Waals surface area (Å²) in [5.41, 5.74) is -0.237. The Bertz CT molecular complexity index is 252. The van der Waals surface area contributed by atoms with Crippen LogP contribution in [-0.4, -0.2) is 23.8 Å². The summed E-state index contributed by atoms with van der Waals surface area (Å²) in [5.74, 6) is 0.291. The van der Waals surface area contributed by atoms with E-state index in [4.69, 9.17) is 9.47 Å². The highest BCUT2D eigenvalue weighted by atomic mass is 16.6. The molecule has 1 aliphatic rings. The van der Waals surface area contributed by atoms with Gasteiger partial charge in [0, 0.05) is 13.3 Å². The molecule has 0 aromatic heterocycles. The lowest BCUT2D eigenvalue weighted by Crippen LogP contribution is -2.28. The van der Waals surface area contributed by atoms with Crippen molar-refractivity contribution in [2.24, 2.45) is 5.92 Å². The monoisotopic (exact) mass is 228 g/mol. The zero-order chi connectivity index (χ0) is 12.3. The van der Waals surface area contributed by atoms with E-state index in [-0.39, 0.29) is 23.8 Å². The lowest BCUT2D eigenvalue weighted by Gasteiger charge is -2.24. The van der Waals surface area contributed by atoms with E-state index in [1.807, 2.05) is 0 Å². The van der Waals surface area contributed by atoms with Crippen LogP contribution in [0.1, 0.15) is 53.9 Å². The fourth-order valence-corrected chi connectivity index (χ4v) is 2.24. The molecule has 0 aromatic rings. The number of rotatable bonds is 6. The average molecular weight is 228 g/mol. The third kappa shape index (κ3) is 3.48. The van der Waals surface area contributed by atoms with Crippen molar-refractivity contribution in [1.82, 2.24) is 0 Å². The van der Waals surface area contributed by atoms with E-state index in [0.717, 1.165) is 19.3 Å². The van der Waals surface area contributed by atoms with Crippen LogP contribution >= 0.6 is 0 Å². The SMILES string of the molecule is CCC(C)OC(C)CC1(OC(C)=O)CC1C. The summed E-state index contributed by atoms with van der Waals surface area (Å²) >= 11 is 0. The lowest BCUT2D eigenvalue weighted by atomic mass is 10.1. The van der Waals surface area contributed by atoms with Gasteiger partial charge in [-0.15, -0.1) is 0 Å². The summed E-state index contributed by atoms with van der Waals surface area (Å²) in [6.45, 7) is 9.85. The van der Waals surface area contributed by atoms with Crippen LogP contribution in [0.2, 0.25) is 0 Å². The topological polar surface area (TPSA) is 35.5 Å². The van der Waals surface area contributed by atoms with Crippen LogP contribution in [0.4, 0.5) is 0 Å². The Balaban J connectivity index is 2.42. The van der Waals surface area contributed by atoms with E-state index < -0.39 is 0 Å². The van der Waals surface area contributed by atoms with Gasteiger partial charge in [-0.05, 0) is 32.6 Å². The summed E-state index contributed by atoms with van der Waals surface area (Å²) in [7, 11) is 0. The second kappa shape index (κ2) is 5.17. The molecule has 0 heterocycles. The number of carbonyl (C=O) groups is 1. The largest absolute Gasteiger partial charge is 0.459 e. The minimum atomic E-state index is -0.237. The summed E-state index contributed by atoms with van der Waals surface area (Å²) in [5, 5.41) is 0. The normalized spacial score (nSPS) is 31.9. The Morgan fingerprint density at radius 2 is 2.00 bits per heavy atom. The number of esters is 1. The van der Waals surface area contributed by atoms with Crippen LogP contribution in [0.5, 0.6) is 0 Å². The molecule has 94 valence electrons. The molecule has 0 bridgehead atoms. The fraction of sp³-hybridized carbons (Fsp3) is 0.923. The van der Waals surface area contributed by atoms with Gasteiger partial charge in [0.25, 0.3) is 0 Å². The molecule has 3 heteroatoms. The maximum atomic E-state index is 11.0. The molecule has 0 aromatic carbocycles. The van der Waals surface area contributed by atoms with Crippen molar-refractivity contribution in [3.8, 4) is 0 Å². The van der Waals surface area contributed by atoms with Crippen molar-refractivity contribution in [2.75, 3.05) is 0 Å². The highest BCUT2D eigenvalue weighted by Gasteiger charge is 2.55. The van der Waals surface area contributed by atoms with Crippen molar-refractivity contribution in [3.05, 3.63) is 0 Å². The van der Waals surface area contributed by atoms with Crippen molar-refractivity contribution in [1.29, 1.82) is 0 Å². The number of ether oxygens (including phenoxy) is 2. The van der Waals surface area contributed by atoms with Gasteiger partial charge in [-0.25, -0.2) is 0 Å². The maximum absolute atomic E-state index is 11.0. The maximum Gasteiger partial charge on any atom is 0.303 e. The molecule has 16 heavy (non-hydrogen) atoms. The van der Waals surface area contributed by atoms with E-state index in [1.54, 1.807) is 0 Å². The van der Waals surface area contributed by atoms with Crippen LogP contribution in [0.3, 0.4) is 0 Å². The molecule has 3 nitrogen and oxygen atoms in total. The first-order chi connectivity index (χ1) is 7.39. The molecular formula is C13H24O3. The highest BCUT2D eigenvalue weighted by Crippen LogP contribution is 2.50. The van der Waals surface area contributed by atoms with E-state index in [9.17, 15) is 4.79 Å². The van der Waals surface area contributed by atoms with Crippen molar-refractivity contribution >= 4 is 5.97 Å². The third-order valence-corrected chi connectivity index (χ3v) is 3.41. The molecule has 1 fully saturated rings. The first kappa shape index (κ1) is 13.5. The second-order valence-corrected chi connectivity index (χ2v) is 5.13. The van der Waals surface area contributed by atoms with Gasteiger partial charge in [0.2, 0.25) is 0 Å². The van der Waals surface area contributed by atoms with Gasteiger partial charge in [0.05, 0.1) is 12.2 Å². The molecule has 0 aliphatic heterocycles. The van der Waals surface area contributed by atoms with Gasteiger partial charge in [-0.3, -0.25) is 4.79 Å². The minimum absolute atomic E-state index is 0.152. The molecular weight excluding hydrogens is 204 g/mol. The molecule has 0 amide bonds. The number of carbonyl (C=O) groups excluding carboxylic acids is 1. The van der Waals surface area contributed by atoms with Gasteiger partial charge >= 0.3 is 5.97 Å². The molecule has 1 rings (SSSR count). The Morgan fingerprint density at radius 1 is 1.44 bits per heavy atom. The predicted molar refractivity (Wildman–Crippen MR) is 63.2 cm³/mol. The van der Waals surface area contributed by atoms with Crippen molar-refractivity contribution in [3.63, 3.8) is 0 Å². The average Bonchev–Trinajstić information content (AvgIpc) is 2.73. The Labute approximate surface area is 98.5 Å². The molecule has 1 aliphatic carbocycles. The molecule has 1 saturated carbocycles. The van der Waals surface area contributed by atoms with Crippen molar-refractivity contribution < 1.29 is 14.3 Å². The van der Waals surface area contributed by atoms with Crippen LogP contribution < -0.4 is 0 Å². The first-order valence-electron chi connectivity index (χ1n) is 6.24. The lowest BCUT2D eigenvalue weighted by molar-refractivity contribution is -0.152. The molecule has 0 saturated heterocycles. The Hall–Kier alpha value is -0.570. The van der Waals surface area contributed by atoms with Crippen LogP contribution in [0.25, 0.3) is 0 Å². The van der Waals surface area contributed by atoms with E-state index in [1.165, 1.54) is 6.92 Å². The second-order valence-electron chi connectivity index (χ2n) is 5.13. The highest BCUT2D eigenvalue weighted by molar-refractivity contribution is 5.67. The van der Waals surface area contributed by atoms with Crippen LogP contribution in [0, 0.1) is 5.92 Å². The van der Waals surface area contributed by atoms with E-state index in [2.05, 4.69) is 27.7 Å². The molecule has 4 atom stereocenters. The van der Waals surface area contributed by atoms with Crippen LogP contribution in [-0.2, 0) is 14.3 Å². The summed E-state index contributed by atoms with van der Waals surface area (Å²) < 4.78 is 11.2. The van der Waals surface area contributed by atoms with Gasteiger partial charge in [0.15, 0.2) is 0 Å². The number of hydrogen-bond acceptors (Lipinski definition) is 3. The Kier molecular flexibility index (Phi) is 4.36. The Morgan fingerprint density at radius 3 is 2.38 bits per heavy atom. The first-order valence-corrected chi connectivity index (χ1v) is 6.24. The van der Waals surface area contributed by atoms with Crippen molar-refractivity contribution in [2.45, 2.75) is 71.7 Å². The van der Waals surface area contributed by atoms with E-state index >= 15 is 0 Å². The zero-order valence-corrected chi connectivity index (χ0v) is 11.1. The van der Waals surface area contributed by atoms with E-state index in [0.29, 0.717) is 5.92 Å². The van der Waals surface area contributed by atoms with Gasteiger partial charge in [-0.2, -0.15) is 0 Å². The van der Waals surface area contributed by atoms with Gasteiger partial charge in [-0.1, -0.05) is 13.8 Å². The third-order valence-electron chi connectivity index (χ3n) is 3.41. The summed E-state index contributed by atoms with van der Waals surface area (Å²) in [4.78, 5) is 11.0. The van der Waals surface area contributed by atoms with Gasteiger partial charge in [0.1, 0.15) is 5.60 Å². The molecule has 0 N–H and O–H groups in total. The quantitative estimate of drug-likeness (QED) is 0.656. The van der Waals surface area contributed by atoms with Crippen LogP contribution in [0.15, 0.2) is 0 Å². The summed E-state index contributed by atoms with van der Waals surface area (Å²) in [6.07, 6.45) is 3.23. The smallest absolute Gasteiger partial charge is 0.303 e. The standard InChI is InChI=1S/C13H24O3/c1-6-10(3)15-11(4)8-13(7-9(13)2)16-12(5)14/h9-11H,6-8H2,1-5H3. The predicted octanol–water partition coefficient (Wildman–Crippen LogP) is 2.92. The van der Waals surface area contributed by atoms with Gasteiger partial charge < -0.3 is 9.47 Å². The molecule has 0 radical (unpaired) electrons. The fourth-order valence-electron chi connectivity index (χ4n) is 2.24.